The molecule has 2 aliphatic rings. The number of ether oxygens (including phenoxy) is 1. The first-order valence-corrected chi connectivity index (χ1v) is 15.8. The van der Waals surface area contributed by atoms with Gasteiger partial charge < -0.3 is 14.5 Å². The molecule has 0 radical (unpaired) electrons. The van der Waals surface area contributed by atoms with E-state index in [1.54, 1.807) is 15.7 Å². The number of piperazine rings is 1. The van der Waals surface area contributed by atoms with E-state index in [2.05, 4.69) is 11.6 Å². The van der Waals surface area contributed by atoms with Crippen LogP contribution in [0.15, 0.2) is 39.2 Å². The van der Waals surface area contributed by atoms with Gasteiger partial charge in [0.05, 0.1) is 34.4 Å². The number of hydrogen-bond donors (Lipinski definition) is 0. The highest BCUT2D eigenvalue weighted by molar-refractivity contribution is 7.99. The average molecular weight is 641 g/mol. The Bertz CT molecular complexity index is 1600. The number of carbonyl (C=O) groups excluding carboxylic acids is 1. The molecule has 1 fully saturated rings. The van der Waals surface area contributed by atoms with Crippen molar-refractivity contribution in [1.82, 2.24) is 14.5 Å². The van der Waals surface area contributed by atoms with E-state index in [0.717, 1.165) is 6.07 Å². The second-order valence-electron chi connectivity index (χ2n) is 11.7. The molecule has 4 heterocycles. The third-order valence-corrected chi connectivity index (χ3v) is 9.77. The molecule has 3 atom stereocenters. The number of carbonyl (C=O) groups is 1. The van der Waals surface area contributed by atoms with E-state index in [-0.39, 0.29) is 65.0 Å². The van der Waals surface area contributed by atoms with Gasteiger partial charge in [0, 0.05) is 63.1 Å². The monoisotopic (exact) mass is 640 g/mol. The number of rotatable bonds is 4. The van der Waals surface area contributed by atoms with Crippen LogP contribution in [0, 0.1) is 0 Å². The summed E-state index contributed by atoms with van der Waals surface area (Å²) in [5.41, 5.74) is -1.35. The zero-order chi connectivity index (χ0) is 30.7. The molecule has 7 nitrogen and oxygen atoms in total. The number of alkyl halides is 3. The van der Waals surface area contributed by atoms with Gasteiger partial charge in [-0.2, -0.15) is 29.5 Å². The van der Waals surface area contributed by atoms with Crippen LogP contribution in [0.3, 0.4) is 0 Å². The van der Waals surface area contributed by atoms with Gasteiger partial charge in [0.25, 0.3) is 0 Å². The fourth-order valence-electron chi connectivity index (χ4n) is 5.93. The Labute approximate surface area is 255 Å². The molecule has 0 saturated carbocycles. The Morgan fingerprint density at radius 1 is 1.17 bits per heavy atom. The Balaban J connectivity index is 1.80. The number of aromatic nitrogens is 2. The van der Waals surface area contributed by atoms with Gasteiger partial charge in [0.15, 0.2) is 0 Å². The summed E-state index contributed by atoms with van der Waals surface area (Å²) < 4.78 is 52.3. The number of amides is 1. The minimum absolute atomic E-state index is 0.0453. The molecule has 1 saturated heterocycles. The maximum Gasteiger partial charge on any atom is 0.417 e. The van der Waals surface area contributed by atoms with Crippen molar-refractivity contribution in [2.24, 2.45) is 0 Å². The first-order chi connectivity index (χ1) is 19.6. The lowest BCUT2D eigenvalue weighted by Gasteiger charge is -2.44. The maximum atomic E-state index is 14.9. The Hall–Kier alpha value is -2.54. The van der Waals surface area contributed by atoms with Gasteiger partial charge in [-0.1, -0.05) is 18.2 Å². The minimum Gasteiger partial charge on any atom is -0.370 e. The zero-order valence-electron chi connectivity index (χ0n) is 23.9. The molecule has 1 aromatic carbocycles. The minimum atomic E-state index is -4.71. The van der Waals surface area contributed by atoms with Crippen LogP contribution in [0.2, 0.25) is 5.02 Å². The Kier molecular flexibility index (Phi) is 8.23. The van der Waals surface area contributed by atoms with Crippen LogP contribution in [0.4, 0.5) is 19.0 Å². The first-order valence-electron chi connectivity index (χ1n) is 13.5. The van der Waals surface area contributed by atoms with Crippen molar-refractivity contribution in [1.29, 1.82) is 0 Å². The van der Waals surface area contributed by atoms with Crippen LogP contribution >= 0.6 is 34.7 Å². The lowest BCUT2D eigenvalue weighted by atomic mass is 9.97. The van der Waals surface area contributed by atoms with Crippen molar-refractivity contribution < 1.29 is 22.7 Å². The molecule has 2 aliphatic heterocycles. The van der Waals surface area contributed by atoms with E-state index in [4.69, 9.17) is 16.3 Å². The summed E-state index contributed by atoms with van der Waals surface area (Å²) in [5.74, 6) is 0.269. The average Bonchev–Trinajstić information content (AvgIpc) is 3.21. The summed E-state index contributed by atoms with van der Waals surface area (Å²) >= 11 is 8.89. The van der Waals surface area contributed by atoms with Gasteiger partial charge >= 0.3 is 11.9 Å². The second kappa shape index (κ2) is 11.2. The SMILES string of the molecule is C=CC(=O)N1[C@H](C)CN(c2nc(=O)n3c4c(c(-c5cscc5Cl)c(C(F)(F)F)cc24)SCC(OC(C)(C)C)C3)C[C@@H]1C. The summed E-state index contributed by atoms with van der Waals surface area (Å²) in [6.07, 6.45) is -3.92. The predicted molar refractivity (Wildman–Crippen MR) is 163 cm³/mol. The zero-order valence-corrected chi connectivity index (χ0v) is 26.3. The van der Waals surface area contributed by atoms with Crippen molar-refractivity contribution in [2.45, 2.75) is 76.0 Å². The van der Waals surface area contributed by atoms with Crippen molar-refractivity contribution >= 4 is 57.3 Å². The highest BCUT2D eigenvalue weighted by Gasteiger charge is 2.40. The standard InChI is InChI=1S/C29H32ClF3N4O3S2/c1-7-22(38)37-15(2)9-35(10-16(37)3)26-18-8-20(29(31,32)33)23(19-13-41-14-21(19)30)25-24(18)36(27(39)34-26)11-17(12-42-25)40-28(4,5)6/h7-8,13-17H,1,9-12H2,2-6H3/t15-,16+,17?. The number of hydrogen-bond acceptors (Lipinski definition) is 7. The van der Waals surface area contributed by atoms with Gasteiger partial charge in [-0.25, -0.2) is 4.79 Å². The van der Waals surface area contributed by atoms with Gasteiger partial charge in [0.2, 0.25) is 5.91 Å². The van der Waals surface area contributed by atoms with Crippen LogP contribution in [0.5, 0.6) is 0 Å². The molecule has 42 heavy (non-hydrogen) atoms. The van der Waals surface area contributed by atoms with Crippen LogP contribution in [-0.4, -0.2) is 63.0 Å². The number of halogens is 4. The Morgan fingerprint density at radius 2 is 1.83 bits per heavy atom. The molecular weight excluding hydrogens is 609 g/mol. The molecule has 0 aliphatic carbocycles. The highest BCUT2D eigenvalue weighted by Crippen LogP contribution is 2.50. The summed E-state index contributed by atoms with van der Waals surface area (Å²) in [6.45, 7) is 13.7. The summed E-state index contributed by atoms with van der Waals surface area (Å²) in [5, 5.41) is 3.63. The van der Waals surface area contributed by atoms with Crippen molar-refractivity contribution in [3.05, 3.63) is 50.6 Å². The molecule has 1 amide bonds. The molecule has 1 unspecified atom stereocenters. The van der Waals surface area contributed by atoms with Gasteiger partial charge in [-0.15, -0.1) is 11.8 Å². The van der Waals surface area contributed by atoms with E-state index in [9.17, 15) is 22.8 Å². The lowest BCUT2D eigenvalue weighted by molar-refractivity contribution is -0.137. The quantitative estimate of drug-likeness (QED) is 0.296. The largest absolute Gasteiger partial charge is 0.417 e. The number of thiophene rings is 1. The first kappa shape index (κ1) is 30.9. The highest BCUT2D eigenvalue weighted by atomic mass is 35.5. The molecule has 0 bridgehead atoms. The van der Waals surface area contributed by atoms with E-state index >= 15 is 0 Å². The second-order valence-corrected chi connectivity index (χ2v) is 13.9. The van der Waals surface area contributed by atoms with Crippen LogP contribution in [0.1, 0.15) is 40.2 Å². The molecule has 0 spiro atoms. The smallest absolute Gasteiger partial charge is 0.370 e. The van der Waals surface area contributed by atoms with Gasteiger partial charge in [-0.05, 0) is 46.8 Å². The number of anilines is 1. The molecule has 2 aromatic heterocycles. The molecule has 3 aromatic rings. The molecule has 5 rings (SSSR count). The molecule has 13 heteroatoms. The van der Waals surface area contributed by atoms with Gasteiger partial charge in [-0.3, -0.25) is 9.36 Å². The third-order valence-electron chi connectivity index (χ3n) is 7.36. The van der Waals surface area contributed by atoms with E-state index in [1.165, 1.54) is 33.7 Å². The van der Waals surface area contributed by atoms with E-state index < -0.39 is 29.1 Å². The third kappa shape index (κ3) is 5.70. The van der Waals surface area contributed by atoms with Crippen LogP contribution in [-0.2, 0) is 22.3 Å². The number of nitrogens with zero attached hydrogens (tertiary/aromatic N) is 4. The number of thioether (sulfide) groups is 1. The summed E-state index contributed by atoms with van der Waals surface area (Å²) in [7, 11) is 0. The molecular formula is C29H32ClF3N4O3S2. The Morgan fingerprint density at radius 3 is 2.38 bits per heavy atom. The predicted octanol–water partition coefficient (Wildman–Crippen LogP) is 6.70. The molecule has 0 N–H and O–H groups in total. The van der Waals surface area contributed by atoms with Gasteiger partial charge in [0.1, 0.15) is 5.82 Å². The molecule has 226 valence electrons. The van der Waals surface area contributed by atoms with Crippen LogP contribution in [0.25, 0.3) is 22.0 Å². The fraction of sp³-hybridized carbons (Fsp3) is 0.483. The van der Waals surface area contributed by atoms with Crippen molar-refractivity contribution in [3.63, 3.8) is 0 Å². The van der Waals surface area contributed by atoms with E-state index in [0.29, 0.717) is 16.2 Å². The normalized spacial score (nSPS) is 21.5. The van der Waals surface area contributed by atoms with Crippen molar-refractivity contribution in [3.8, 4) is 11.1 Å². The lowest BCUT2D eigenvalue weighted by Crippen LogP contribution is -2.58. The maximum absolute atomic E-state index is 14.9. The number of benzene rings is 1. The fourth-order valence-corrected chi connectivity index (χ4v) is 8.25. The topological polar surface area (TPSA) is 67.7 Å². The van der Waals surface area contributed by atoms with Crippen LogP contribution < -0.4 is 10.6 Å². The summed E-state index contributed by atoms with van der Waals surface area (Å²) in [4.78, 5) is 34.5. The summed E-state index contributed by atoms with van der Waals surface area (Å²) in [6, 6.07) is 0.514. The van der Waals surface area contributed by atoms with E-state index in [1.807, 2.05) is 39.5 Å². The van der Waals surface area contributed by atoms with Crippen molar-refractivity contribution in [2.75, 3.05) is 23.7 Å².